The first kappa shape index (κ1) is 16.3. The third kappa shape index (κ3) is 4.19. The number of rotatable bonds is 5. The molecule has 20 heavy (non-hydrogen) atoms. The Morgan fingerprint density at radius 1 is 1.15 bits per heavy atom. The third-order valence-corrected chi connectivity index (χ3v) is 5.24. The van der Waals surface area contributed by atoms with Gasteiger partial charge in [0.15, 0.2) is 0 Å². The first-order valence-corrected chi connectivity index (χ1v) is 8.48. The predicted octanol–water partition coefficient (Wildman–Crippen LogP) is 6.64. The van der Waals surface area contributed by atoms with Crippen molar-refractivity contribution in [2.24, 2.45) is 5.92 Å². The molecule has 0 N–H and O–H groups in total. The van der Waals surface area contributed by atoms with E-state index in [1.54, 1.807) is 13.2 Å². The molecule has 0 aromatic heterocycles. The number of hydrogen-bond donors (Lipinski definition) is 0. The SMILES string of the molecule is COc1cc(Cl)c(C(Cl)CCC2CCCCC2)cc1Cl. The van der Waals surface area contributed by atoms with Crippen molar-refractivity contribution in [3.8, 4) is 5.75 Å². The Hall–Kier alpha value is -0.110. The van der Waals surface area contributed by atoms with Crippen molar-refractivity contribution in [2.75, 3.05) is 7.11 Å². The zero-order valence-corrected chi connectivity index (χ0v) is 14.1. The van der Waals surface area contributed by atoms with Gasteiger partial charge in [0.25, 0.3) is 0 Å². The van der Waals surface area contributed by atoms with E-state index < -0.39 is 0 Å². The topological polar surface area (TPSA) is 9.23 Å². The van der Waals surface area contributed by atoms with E-state index in [0.29, 0.717) is 15.8 Å². The summed E-state index contributed by atoms with van der Waals surface area (Å²) in [5.74, 6) is 1.43. The highest BCUT2D eigenvalue weighted by molar-refractivity contribution is 6.35. The van der Waals surface area contributed by atoms with Crippen molar-refractivity contribution < 1.29 is 4.74 Å². The molecule has 0 heterocycles. The molecule has 1 aromatic carbocycles. The van der Waals surface area contributed by atoms with Gasteiger partial charge in [-0.05, 0) is 30.4 Å². The van der Waals surface area contributed by atoms with Crippen molar-refractivity contribution >= 4 is 34.8 Å². The molecule has 4 heteroatoms. The predicted molar refractivity (Wildman–Crippen MR) is 87.4 cm³/mol. The lowest BCUT2D eigenvalue weighted by Crippen LogP contribution is -2.07. The Labute approximate surface area is 136 Å². The van der Waals surface area contributed by atoms with Crippen LogP contribution in [0.5, 0.6) is 5.75 Å². The standard InChI is InChI=1S/C16H21Cl3O/c1-20-16-10-14(18)12(9-15(16)19)13(17)8-7-11-5-3-2-4-6-11/h9-11,13H,2-8H2,1H3. The van der Waals surface area contributed by atoms with Crippen molar-refractivity contribution in [1.29, 1.82) is 0 Å². The lowest BCUT2D eigenvalue weighted by Gasteiger charge is -2.23. The highest BCUT2D eigenvalue weighted by atomic mass is 35.5. The normalized spacial score (nSPS) is 18.0. The second-order valence-corrected chi connectivity index (χ2v) is 6.90. The van der Waals surface area contributed by atoms with E-state index in [4.69, 9.17) is 39.5 Å². The van der Waals surface area contributed by atoms with Crippen LogP contribution in [0.15, 0.2) is 12.1 Å². The number of alkyl halides is 1. The van der Waals surface area contributed by atoms with Crippen molar-refractivity contribution in [1.82, 2.24) is 0 Å². The highest BCUT2D eigenvalue weighted by Crippen LogP contribution is 2.39. The molecule has 0 bridgehead atoms. The van der Waals surface area contributed by atoms with E-state index in [-0.39, 0.29) is 5.38 Å². The maximum Gasteiger partial charge on any atom is 0.138 e. The van der Waals surface area contributed by atoms with Crippen LogP contribution in [0.25, 0.3) is 0 Å². The van der Waals surface area contributed by atoms with Gasteiger partial charge in [-0.2, -0.15) is 0 Å². The van der Waals surface area contributed by atoms with Crippen LogP contribution in [-0.4, -0.2) is 7.11 Å². The highest BCUT2D eigenvalue weighted by Gasteiger charge is 2.19. The minimum absolute atomic E-state index is 0.0761. The molecule has 2 rings (SSSR count). The fraction of sp³-hybridized carbons (Fsp3) is 0.625. The fourth-order valence-corrected chi connectivity index (χ4v) is 3.85. The second-order valence-electron chi connectivity index (χ2n) is 5.56. The average Bonchev–Trinajstić information content (AvgIpc) is 2.47. The lowest BCUT2D eigenvalue weighted by molar-refractivity contribution is 0.331. The summed E-state index contributed by atoms with van der Waals surface area (Å²) in [6, 6.07) is 3.58. The number of ether oxygens (including phenoxy) is 1. The van der Waals surface area contributed by atoms with Gasteiger partial charge in [0.2, 0.25) is 0 Å². The second kappa shape index (κ2) is 7.77. The average molecular weight is 336 g/mol. The molecular weight excluding hydrogens is 315 g/mol. The molecular formula is C16H21Cl3O. The minimum atomic E-state index is -0.0761. The Kier molecular flexibility index (Phi) is 6.32. The largest absolute Gasteiger partial charge is 0.495 e. The summed E-state index contributed by atoms with van der Waals surface area (Å²) in [6.45, 7) is 0. The van der Waals surface area contributed by atoms with Gasteiger partial charge in [0, 0.05) is 11.1 Å². The molecule has 0 radical (unpaired) electrons. The summed E-state index contributed by atoms with van der Waals surface area (Å²) >= 11 is 18.9. The van der Waals surface area contributed by atoms with Gasteiger partial charge in [0.05, 0.1) is 17.5 Å². The molecule has 112 valence electrons. The maximum atomic E-state index is 6.51. The molecule has 1 aliphatic rings. The van der Waals surface area contributed by atoms with Gasteiger partial charge in [-0.15, -0.1) is 11.6 Å². The van der Waals surface area contributed by atoms with E-state index in [0.717, 1.165) is 17.9 Å². The molecule has 0 saturated heterocycles. The smallest absolute Gasteiger partial charge is 0.138 e. The summed E-state index contributed by atoms with van der Waals surface area (Å²) in [5.41, 5.74) is 0.912. The summed E-state index contributed by atoms with van der Waals surface area (Å²) in [7, 11) is 1.58. The number of benzene rings is 1. The van der Waals surface area contributed by atoms with Gasteiger partial charge < -0.3 is 4.74 Å². The zero-order valence-electron chi connectivity index (χ0n) is 11.8. The van der Waals surface area contributed by atoms with Crippen LogP contribution < -0.4 is 4.74 Å². The maximum absolute atomic E-state index is 6.51. The van der Waals surface area contributed by atoms with Crippen LogP contribution in [0.2, 0.25) is 10.0 Å². The van der Waals surface area contributed by atoms with Crippen LogP contribution in [0, 0.1) is 5.92 Å². The lowest BCUT2D eigenvalue weighted by atomic mass is 9.85. The molecule has 0 aliphatic heterocycles. The van der Waals surface area contributed by atoms with Crippen LogP contribution >= 0.6 is 34.8 Å². The molecule has 0 amide bonds. The first-order valence-electron chi connectivity index (χ1n) is 7.28. The fourth-order valence-electron chi connectivity index (χ4n) is 2.95. The summed E-state index contributed by atoms with van der Waals surface area (Å²) < 4.78 is 5.16. The number of halogens is 3. The Bertz CT molecular complexity index is 442. The number of hydrogen-bond acceptors (Lipinski definition) is 1. The van der Waals surface area contributed by atoms with Crippen molar-refractivity contribution in [2.45, 2.75) is 50.3 Å². The molecule has 1 nitrogen and oxygen atoms in total. The monoisotopic (exact) mass is 334 g/mol. The molecule has 0 spiro atoms. The quantitative estimate of drug-likeness (QED) is 0.548. The Morgan fingerprint density at radius 2 is 1.85 bits per heavy atom. The van der Waals surface area contributed by atoms with Gasteiger partial charge >= 0.3 is 0 Å². The van der Waals surface area contributed by atoms with Crippen molar-refractivity contribution in [3.63, 3.8) is 0 Å². The van der Waals surface area contributed by atoms with Gasteiger partial charge in [-0.25, -0.2) is 0 Å². The first-order chi connectivity index (χ1) is 9.61. The zero-order chi connectivity index (χ0) is 14.5. The summed E-state index contributed by atoms with van der Waals surface area (Å²) in [5, 5.41) is 1.12. The van der Waals surface area contributed by atoms with E-state index in [1.807, 2.05) is 6.07 Å². The minimum Gasteiger partial charge on any atom is -0.495 e. The van der Waals surface area contributed by atoms with Crippen LogP contribution in [-0.2, 0) is 0 Å². The number of methoxy groups -OCH3 is 1. The van der Waals surface area contributed by atoms with E-state index in [1.165, 1.54) is 38.5 Å². The third-order valence-electron chi connectivity index (χ3n) is 4.16. The molecule has 1 saturated carbocycles. The summed E-state index contributed by atoms with van der Waals surface area (Å²) in [6.07, 6.45) is 8.95. The molecule has 1 aliphatic carbocycles. The molecule has 1 unspecified atom stereocenters. The molecule has 1 atom stereocenters. The summed E-state index contributed by atoms with van der Waals surface area (Å²) in [4.78, 5) is 0. The van der Waals surface area contributed by atoms with E-state index in [9.17, 15) is 0 Å². The molecule has 1 fully saturated rings. The van der Waals surface area contributed by atoms with E-state index >= 15 is 0 Å². The van der Waals surface area contributed by atoms with Gasteiger partial charge in [0.1, 0.15) is 5.75 Å². The van der Waals surface area contributed by atoms with E-state index in [2.05, 4.69) is 0 Å². The Balaban J connectivity index is 1.97. The van der Waals surface area contributed by atoms with Gasteiger partial charge in [-0.3, -0.25) is 0 Å². The van der Waals surface area contributed by atoms with Gasteiger partial charge in [-0.1, -0.05) is 55.3 Å². The van der Waals surface area contributed by atoms with Crippen molar-refractivity contribution in [3.05, 3.63) is 27.7 Å². The van der Waals surface area contributed by atoms with Crippen LogP contribution in [0.4, 0.5) is 0 Å². The Morgan fingerprint density at radius 3 is 2.50 bits per heavy atom. The van der Waals surface area contributed by atoms with Crippen LogP contribution in [0.3, 0.4) is 0 Å². The van der Waals surface area contributed by atoms with Crippen LogP contribution in [0.1, 0.15) is 55.9 Å². The molecule has 1 aromatic rings.